The number of nitrogens with one attached hydrogen (secondary N) is 1. The maximum atomic E-state index is 13.3. The number of hydrogen-bond acceptors (Lipinski definition) is 5. The van der Waals surface area contributed by atoms with Crippen molar-refractivity contribution in [2.24, 2.45) is 0 Å². The van der Waals surface area contributed by atoms with Crippen molar-refractivity contribution in [1.29, 1.82) is 0 Å². The molecular weight excluding hydrogens is 547 g/mol. The second-order valence-electron chi connectivity index (χ2n) is 9.66. The first-order valence-electron chi connectivity index (χ1n) is 13.5. The van der Waals surface area contributed by atoms with Gasteiger partial charge in [-0.3, -0.25) is 14.6 Å². The predicted molar refractivity (Wildman–Crippen MR) is 144 cm³/mol. The molecule has 40 heavy (non-hydrogen) atoms. The fourth-order valence-corrected chi connectivity index (χ4v) is 5.26. The summed E-state index contributed by atoms with van der Waals surface area (Å²) >= 11 is 0. The topological polar surface area (TPSA) is 105 Å². The van der Waals surface area contributed by atoms with Gasteiger partial charge < -0.3 is 4.57 Å². The fourth-order valence-electron chi connectivity index (χ4n) is 4.34. The average molecular weight is 584 g/mol. The molecule has 1 aromatic carbocycles. The van der Waals surface area contributed by atoms with Crippen molar-refractivity contribution in [3.05, 3.63) is 53.2 Å². The molecule has 9 nitrogen and oxygen atoms in total. The maximum absolute atomic E-state index is 13.3. The Balaban J connectivity index is 1.97. The summed E-state index contributed by atoms with van der Waals surface area (Å²) < 4.78 is 64.4. The highest BCUT2D eigenvalue weighted by atomic mass is 32.2. The molecule has 0 spiro atoms. The zero-order chi connectivity index (χ0) is 29.5. The molecule has 13 heteroatoms. The number of aromatic nitrogens is 2. The number of carbonyl (C=O) groups is 2. The van der Waals surface area contributed by atoms with E-state index in [1.54, 1.807) is 12.3 Å². The molecule has 1 aliphatic rings. The lowest BCUT2D eigenvalue weighted by Crippen LogP contribution is -2.37. The van der Waals surface area contributed by atoms with Crippen LogP contribution in [0.1, 0.15) is 76.4 Å². The third-order valence-electron chi connectivity index (χ3n) is 6.52. The Labute approximate surface area is 233 Å². The Morgan fingerprint density at radius 1 is 0.925 bits per heavy atom. The zero-order valence-electron chi connectivity index (χ0n) is 23.0. The highest BCUT2D eigenvalue weighted by molar-refractivity contribution is 7.89. The predicted octanol–water partition coefficient (Wildman–Crippen LogP) is 5.28. The molecule has 3 rings (SSSR count). The van der Waals surface area contributed by atoms with E-state index in [0.29, 0.717) is 41.9 Å². The van der Waals surface area contributed by atoms with Crippen molar-refractivity contribution in [1.82, 2.24) is 24.1 Å². The number of nitrogens with zero attached hydrogens (tertiary/aromatic N) is 4. The van der Waals surface area contributed by atoms with Crippen LogP contribution >= 0.6 is 0 Å². The second-order valence-corrected chi connectivity index (χ2v) is 11.3. The van der Waals surface area contributed by atoms with E-state index >= 15 is 0 Å². The van der Waals surface area contributed by atoms with Crippen LogP contribution in [-0.4, -0.2) is 59.1 Å². The molecule has 3 amide bonds. The van der Waals surface area contributed by atoms with Gasteiger partial charge in [0.15, 0.2) is 0 Å². The van der Waals surface area contributed by atoms with Gasteiger partial charge in [0.25, 0.3) is 5.91 Å². The lowest BCUT2D eigenvalue weighted by atomic mass is 10.2. The number of benzene rings is 1. The molecule has 1 aliphatic heterocycles. The quantitative estimate of drug-likeness (QED) is 0.185. The Hall–Kier alpha value is -3.19. The number of halogens is 3. The Morgan fingerprint density at radius 2 is 1.52 bits per heavy atom. The molecule has 0 bridgehead atoms. The van der Waals surface area contributed by atoms with Crippen LogP contribution in [0.2, 0.25) is 0 Å². The maximum Gasteiger partial charge on any atom is 0.470 e. The Morgan fingerprint density at radius 3 is 2.10 bits per heavy atom. The van der Waals surface area contributed by atoms with Crippen LogP contribution < -0.4 is 4.72 Å². The molecule has 220 valence electrons. The first-order chi connectivity index (χ1) is 18.9. The van der Waals surface area contributed by atoms with Gasteiger partial charge in [-0.15, -0.1) is 4.72 Å². The number of unbranched alkanes of at least 4 members (excludes halogenated alkanes) is 3. The van der Waals surface area contributed by atoms with E-state index in [1.807, 2.05) is 25.3 Å². The minimum Gasteiger partial charge on any atom is -0.324 e. The summed E-state index contributed by atoms with van der Waals surface area (Å²) in [4.78, 5) is 33.2. The van der Waals surface area contributed by atoms with Gasteiger partial charge in [0.1, 0.15) is 11.5 Å². The molecule has 0 atom stereocenters. The molecular formula is C27H36F3N5O4S. The third-order valence-corrected chi connectivity index (χ3v) is 7.91. The lowest BCUT2D eigenvalue weighted by Gasteiger charge is -2.17. The first-order valence-corrected chi connectivity index (χ1v) is 15.0. The van der Waals surface area contributed by atoms with E-state index in [0.717, 1.165) is 50.1 Å². The number of imide groups is 1. The minimum atomic E-state index is -5.08. The van der Waals surface area contributed by atoms with E-state index in [1.165, 1.54) is 21.9 Å². The molecule has 1 N–H and O–H groups in total. The van der Waals surface area contributed by atoms with Crippen molar-refractivity contribution in [3.63, 3.8) is 0 Å². The number of urea groups is 1. The van der Waals surface area contributed by atoms with Crippen LogP contribution in [0.4, 0.5) is 18.0 Å². The Kier molecular flexibility index (Phi) is 10.5. The lowest BCUT2D eigenvalue weighted by molar-refractivity contribution is -0.138. The van der Waals surface area contributed by atoms with Crippen LogP contribution in [0.3, 0.4) is 0 Å². The number of alkyl halides is 3. The van der Waals surface area contributed by atoms with Gasteiger partial charge in [-0.1, -0.05) is 52.2 Å². The zero-order valence-corrected chi connectivity index (χ0v) is 23.8. The fraction of sp³-hybridized carbons (Fsp3) is 0.519. The number of hydrogen-bond donors (Lipinski definition) is 1. The minimum absolute atomic E-state index is 0.238. The van der Waals surface area contributed by atoms with Crippen molar-refractivity contribution >= 4 is 28.0 Å². The third kappa shape index (κ3) is 7.72. The van der Waals surface area contributed by atoms with E-state index in [2.05, 4.69) is 4.98 Å². The molecule has 1 fully saturated rings. The molecule has 2 heterocycles. The highest BCUT2D eigenvalue weighted by Crippen LogP contribution is 2.26. The molecule has 0 aliphatic carbocycles. The highest BCUT2D eigenvalue weighted by Gasteiger charge is 2.40. The first kappa shape index (κ1) is 31.3. The second kappa shape index (κ2) is 13.4. The van der Waals surface area contributed by atoms with Crippen molar-refractivity contribution in [2.45, 2.75) is 83.5 Å². The van der Waals surface area contributed by atoms with E-state index < -0.39 is 21.2 Å². The number of sulfonamides is 1. The summed E-state index contributed by atoms with van der Waals surface area (Å²) in [5.41, 5.74) is 1.50. The van der Waals surface area contributed by atoms with Crippen LogP contribution in [-0.2, 0) is 27.8 Å². The number of imidazole rings is 1. The van der Waals surface area contributed by atoms with Gasteiger partial charge in [-0.25, -0.2) is 18.2 Å². The smallest absolute Gasteiger partial charge is 0.324 e. The van der Waals surface area contributed by atoms with Crippen LogP contribution in [0.25, 0.3) is 6.08 Å². The number of carbonyl (C=O) groups excluding carboxylic acids is 2. The van der Waals surface area contributed by atoms with Gasteiger partial charge in [-0.05, 0) is 43.0 Å². The van der Waals surface area contributed by atoms with Gasteiger partial charge in [0.2, 0.25) is 10.0 Å². The van der Waals surface area contributed by atoms with E-state index in [4.69, 9.17) is 0 Å². The molecule has 1 aromatic heterocycles. The number of rotatable bonds is 14. The summed E-state index contributed by atoms with van der Waals surface area (Å²) in [6, 6.07) is 4.77. The average Bonchev–Trinajstić information content (AvgIpc) is 3.36. The van der Waals surface area contributed by atoms with Crippen LogP contribution in [0, 0.1) is 0 Å². The van der Waals surface area contributed by atoms with Gasteiger partial charge in [0, 0.05) is 26.1 Å². The van der Waals surface area contributed by atoms with Crippen LogP contribution in [0.15, 0.2) is 41.1 Å². The van der Waals surface area contributed by atoms with Gasteiger partial charge in [-0.2, -0.15) is 13.2 Å². The summed E-state index contributed by atoms with van der Waals surface area (Å²) in [6.07, 6.45) is 3.77. The van der Waals surface area contributed by atoms with Crippen LogP contribution in [0.5, 0.6) is 0 Å². The standard InChI is InChI=1S/C27H36F3N5O4S/c1-4-7-10-24-31-18-21(17-23-25(36)34(16-9-6-3)26(37)33(23)15-8-5-2)35(24)19-20-11-13-22(14-12-20)40(38,39)32-27(28,29)30/h11-14,17-18,32H,4-10,15-16,19H2,1-3H3/b23-17-. The molecule has 0 unspecified atom stereocenters. The van der Waals surface area contributed by atoms with Crippen molar-refractivity contribution in [3.8, 4) is 0 Å². The van der Waals surface area contributed by atoms with Crippen molar-refractivity contribution in [2.75, 3.05) is 13.1 Å². The largest absolute Gasteiger partial charge is 0.470 e. The molecule has 0 saturated carbocycles. The summed E-state index contributed by atoms with van der Waals surface area (Å²) in [5, 5.41) is 0. The van der Waals surface area contributed by atoms with E-state index in [9.17, 15) is 31.2 Å². The van der Waals surface area contributed by atoms with E-state index in [-0.39, 0.29) is 24.2 Å². The summed E-state index contributed by atoms with van der Waals surface area (Å²) in [7, 11) is -4.76. The van der Waals surface area contributed by atoms with Crippen molar-refractivity contribution < 1.29 is 31.2 Å². The Bertz CT molecular complexity index is 1320. The SMILES string of the molecule is CCCCc1ncc(/C=C2/C(=O)N(CCCC)C(=O)N2CCCC)n1Cc1ccc(S(=O)(=O)NC(F)(F)F)cc1. The number of amides is 3. The monoisotopic (exact) mass is 583 g/mol. The number of aryl methyl sites for hydroxylation is 1. The molecule has 2 aromatic rings. The van der Waals surface area contributed by atoms with Gasteiger partial charge in [0.05, 0.1) is 16.8 Å². The molecule has 1 saturated heterocycles. The normalized spacial score (nSPS) is 15.6. The summed E-state index contributed by atoms with van der Waals surface area (Å²) in [6.45, 7) is 7.03. The summed E-state index contributed by atoms with van der Waals surface area (Å²) in [5.74, 6) is 0.382. The van der Waals surface area contributed by atoms with Gasteiger partial charge >= 0.3 is 12.3 Å². The molecule has 0 radical (unpaired) electrons.